The highest BCUT2D eigenvalue weighted by Crippen LogP contribution is 2.25. The Kier molecular flexibility index (Phi) is 4.41. The zero-order chi connectivity index (χ0) is 16.5. The minimum absolute atomic E-state index is 0.110. The topological polar surface area (TPSA) is 59.0 Å². The number of rotatable bonds is 5. The molecule has 24 heavy (non-hydrogen) atoms. The number of aromatic nitrogens is 2. The summed E-state index contributed by atoms with van der Waals surface area (Å²) in [5.74, 6) is 0.984. The van der Waals surface area contributed by atoms with E-state index < -0.39 is 0 Å². The lowest BCUT2D eigenvalue weighted by molar-refractivity contribution is 0.0947. The number of carbonyl (C=O) groups is 1. The van der Waals surface area contributed by atoms with E-state index >= 15 is 0 Å². The van der Waals surface area contributed by atoms with Crippen LogP contribution in [-0.2, 0) is 6.54 Å². The third-order valence-electron chi connectivity index (χ3n) is 3.96. The van der Waals surface area contributed by atoms with Gasteiger partial charge in [0.25, 0.3) is 5.91 Å². The van der Waals surface area contributed by atoms with Crippen LogP contribution in [0.4, 0.5) is 5.82 Å². The van der Waals surface area contributed by atoms with Gasteiger partial charge < -0.3 is 10.6 Å². The molecule has 0 aliphatic carbocycles. The van der Waals surface area contributed by atoms with Gasteiger partial charge in [-0.25, -0.2) is 0 Å². The first kappa shape index (κ1) is 15.8. The number of hydrogen-bond donors (Lipinski definition) is 2. The number of halogens is 1. The Morgan fingerprint density at radius 3 is 2.92 bits per heavy atom. The lowest BCUT2D eigenvalue weighted by Gasteiger charge is -2.24. The van der Waals surface area contributed by atoms with Crippen LogP contribution >= 0.6 is 34.3 Å². The van der Waals surface area contributed by atoms with Crippen molar-refractivity contribution in [3.05, 3.63) is 55.5 Å². The maximum absolute atomic E-state index is 12.7. The lowest BCUT2D eigenvalue weighted by atomic mass is 10.00. The summed E-state index contributed by atoms with van der Waals surface area (Å²) in [6.07, 6.45) is 0. The van der Waals surface area contributed by atoms with Crippen LogP contribution in [0.5, 0.6) is 0 Å². The number of anilines is 1. The van der Waals surface area contributed by atoms with Gasteiger partial charge in [0.05, 0.1) is 22.1 Å². The van der Waals surface area contributed by atoms with Crippen molar-refractivity contribution in [1.29, 1.82) is 0 Å². The molecule has 124 valence electrons. The normalized spacial score (nSPS) is 14.5. The Bertz CT molecular complexity index is 851. The zero-order valence-corrected chi connectivity index (χ0v) is 15.0. The molecular weight excluding hydrogens is 364 g/mol. The molecule has 3 aromatic rings. The predicted octanol–water partition coefficient (Wildman–Crippen LogP) is 3.65. The summed E-state index contributed by atoms with van der Waals surface area (Å²) in [5.41, 5.74) is 1.60. The molecule has 0 unspecified atom stereocenters. The summed E-state index contributed by atoms with van der Waals surface area (Å²) >= 11 is 9.01. The summed E-state index contributed by atoms with van der Waals surface area (Å²) in [4.78, 5) is 13.8. The molecule has 2 N–H and O–H groups in total. The molecule has 1 saturated heterocycles. The number of hydrogen-bond acceptors (Lipinski definition) is 6. The maximum Gasteiger partial charge on any atom is 0.280 e. The van der Waals surface area contributed by atoms with Gasteiger partial charge in [0, 0.05) is 35.3 Å². The Balaban J connectivity index is 1.60. The summed E-state index contributed by atoms with van der Waals surface area (Å²) in [7, 11) is 0. The van der Waals surface area contributed by atoms with Gasteiger partial charge in [0.15, 0.2) is 0 Å². The van der Waals surface area contributed by atoms with E-state index in [2.05, 4.69) is 15.7 Å². The van der Waals surface area contributed by atoms with E-state index in [-0.39, 0.29) is 5.91 Å². The zero-order valence-electron chi connectivity index (χ0n) is 12.7. The van der Waals surface area contributed by atoms with Crippen LogP contribution in [-0.4, -0.2) is 28.8 Å². The molecule has 4 heterocycles. The average molecular weight is 379 g/mol. The second-order valence-electron chi connectivity index (χ2n) is 5.60. The van der Waals surface area contributed by atoms with Gasteiger partial charge in [-0.15, -0.1) is 11.3 Å². The van der Waals surface area contributed by atoms with Crippen molar-refractivity contribution in [2.45, 2.75) is 12.5 Å². The fourth-order valence-corrected chi connectivity index (χ4v) is 4.17. The fraction of sp³-hybridized carbons (Fsp3) is 0.250. The maximum atomic E-state index is 12.7. The number of carbonyl (C=O) groups excluding carboxylic acids is 1. The molecule has 0 bridgehead atoms. The third kappa shape index (κ3) is 3.12. The summed E-state index contributed by atoms with van der Waals surface area (Å²) in [6, 6.07) is 7.66. The van der Waals surface area contributed by atoms with Crippen molar-refractivity contribution in [1.82, 2.24) is 15.1 Å². The van der Waals surface area contributed by atoms with Crippen LogP contribution in [0.2, 0.25) is 4.34 Å². The van der Waals surface area contributed by atoms with Crippen LogP contribution < -0.4 is 10.6 Å². The number of thiophene rings is 2. The van der Waals surface area contributed by atoms with Crippen LogP contribution in [0.25, 0.3) is 0 Å². The van der Waals surface area contributed by atoms with Crippen molar-refractivity contribution in [2.75, 3.05) is 18.4 Å². The highest BCUT2D eigenvalue weighted by molar-refractivity contribution is 7.16. The SMILES string of the molecule is O=C(c1ccsc1)n1nc(C2CNC2)cc1NCc1ccc(Cl)s1. The molecule has 0 saturated carbocycles. The first-order valence-electron chi connectivity index (χ1n) is 7.56. The molecule has 0 atom stereocenters. The highest BCUT2D eigenvalue weighted by Gasteiger charge is 2.25. The van der Waals surface area contributed by atoms with Crippen molar-refractivity contribution < 1.29 is 4.79 Å². The van der Waals surface area contributed by atoms with Gasteiger partial charge in [-0.05, 0) is 23.6 Å². The molecule has 1 aliphatic heterocycles. The van der Waals surface area contributed by atoms with E-state index in [0.29, 0.717) is 18.0 Å². The van der Waals surface area contributed by atoms with E-state index in [1.807, 2.05) is 35.0 Å². The molecule has 3 aromatic heterocycles. The first-order valence-corrected chi connectivity index (χ1v) is 9.70. The highest BCUT2D eigenvalue weighted by atomic mass is 35.5. The molecule has 0 aromatic carbocycles. The second kappa shape index (κ2) is 6.68. The van der Waals surface area contributed by atoms with E-state index in [9.17, 15) is 4.79 Å². The average Bonchev–Trinajstić information content (AvgIpc) is 3.23. The monoisotopic (exact) mass is 378 g/mol. The minimum atomic E-state index is -0.110. The van der Waals surface area contributed by atoms with Crippen LogP contribution in [0.1, 0.15) is 26.8 Å². The Labute approximate surface area is 152 Å². The molecule has 0 spiro atoms. The molecule has 1 fully saturated rings. The van der Waals surface area contributed by atoms with Gasteiger partial charge in [0.1, 0.15) is 5.82 Å². The van der Waals surface area contributed by atoms with E-state index in [1.165, 1.54) is 27.4 Å². The van der Waals surface area contributed by atoms with Crippen LogP contribution in [0.15, 0.2) is 35.0 Å². The summed E-state index contributed by atoms with van der Waals surface area (Å²) in [5, 5.41) is 14.9. The molecular formula is C16H15ClN4OS2. The molecule has 8 heteroatoms. The van der Waals surface area contributed by atoms with E-state index in [0.717, 1.165) is 33.8 Å². The molecule has 1 aliphatic rings. The van der Waals surface area contributed by atoms with Crippen molar-refractivity contribution in [2.24, 2.45) is 0 Å². The fourth-order valence-electron chi connectivity index (χ4n) is 2.51. The molecule has 0 radical (unpaired) electrons. The second-order valence-corrected chi connectivity index (χ2v) is 8.18. The molecule has 0 amide bonds. The van der Waals surface area contributed by atoms with Crippen molar-refractivity contribution in [3.63, 3.8) is 0 Å². The predicted molar refractivity (Wildman–Crippen MR) is 98.5 cm³/mol. The quantitative estimate of drug-likeness (QED) is 0.711. The standard InChI is InChI=1S/C16H15ClN4OS2/c17-14-2-1-12(24-14)8-19-15-5-13(11-6-18-7-11)20-21(15)16(22)10-3-4-23-9-10/h1-5,9,11,18-19H,6-8H2. The smallest absolute Gasteiger partial charge is 0.280 e. The molecule has 4 rings (SSSR count). The van der Waals surface area contributed by atoms with Crippen LogP contribution in [0, 0.1) is 0 Å². The number of nitrogens with one attached hydrogen (secondary N) is 2. The van der Waals surface area contributed by atoms with Crippen LogP contribution in [0.3, 0.4) is 0 Å². The van der Waals surface area contributed by atoms with Crippen molar-refractivity contribution >= 4 is 46.0 Å². The van der Waals surface area contributed by atoms with E-state index in [4.69, 9.17) is 11.6 Å². The Hall–Kier alpha value is -1.67. The first-order chi connectivity index (χ1) is 11.7. The van der Waals surface area contributed by atoms with Gasteiger partial charge in [0.2, 0.25) is 0 Å². The van der Waals surface area contributed by atoms with Gasteiger partial charge in [-0.3, -0.25) is 4.79 Å². The lowest BCUT2D eigenvalue weighted by Crippen LogP contribution is -2.40. The molecule has 5 nitrogen and oxygen atoms in total. The minimum Gasteiger partial charge on any atom is -0.365 e. The summed E-state index contributed by atoms with van der Waals surface area (Å²) in [6.45, 7) is 2.43. The third-order valence-corrected chi connectivity index (χ3v) is 5.88. The Morgan fingerprint density at radius 2 is 2.29 bits per heavy atom. The van der Waals surface area contributed by atoms with Gasteiger partial charge in [-0.2, -0.15) is 21.1 Å². The van der Waals surface area contributed by atoms with E-state index in [1.54, 1.807) is 0 Å². The summed E-state index contributed by atoms with van der Waals surface area (Å²) < 4.78 is 2.24. The number of nitrogens with zero attached hydrogens (tertiary/aromatic N) is 2. The largest absolute Gasteiger partial charge is 0.365 e. The van der Waals surface area contributed by atoms with Gasteiger partial charge in [-0.1, -0.05) is 11.6 Å². The van der Waals surface area contributed by atoms with Gasteiger partial charge >= 0.3 is 0 Å². The van der Waals surface area contributed by atoms with Crippen molar-refractivity contribution in [3.8, 4) is 0 Å². The Morgan fingerprint density at radius 1 is 1.42 bits per heavy atom.